The van der Waals surface area contributed by atoms with E-state index in [2.05, 4.69) is 15.5 Å². The molecule has 0 bridgehead atoms. The van der Waals surface area contributed by atoms with Crippen LogP contribution in [-0.2, 0) is 26.7 Å². The van der Waals surface area contributed by atoms with Gasteiger partial charge >= 0.3 is 0 Å². The van der Waals surface area contributed by atoms with Crippen LogP contribution in [0.2, 0.25) is 0 Å². The van der Waals surface area contributed by atoms with Gasteiger partial charge < -0.3 is 9.88 Å². The number of aromatic amines is 1. The first-order chi connectivity index (χ1) is 16.0. The number of hydroxylamine groups is 2. The van der Waals surface area contributed by atoms with Crippen molar-refractivity contribution in [3.8, 4) is 0 Å². The van der Waals surface area contributed by atoms with Crippen molar-refractivity contribution in [1.29, 1.82) is 0 Å². The summed E-state index contributed by atoms with van der Waals surface area (Å²) >= 11 is 0. The number of anilines is 1. The Labute approximate surface area is 192 Å². The standard InChI is InChI=1S/C20H21FN6O6S/c1-25-6-4-12(10-16(25)28)22-19(29)14-5-7-27(14)34(31,32)15-9-11(20(30)26(2)33-3)8-13-17(15)23-24-18(13)21/h4,6,8-10,14H,5,7H2,1-3H3,(H,22,29)(H,23,24)/t14-/m0/s1. The van der Waals surface area contributed by atoms with Gasteiger partial charge in [-0.05, 0) is 24.6 Å². The first-order valence-electron chi connectivity index (χ1n) is 10.0. The maximum absolute atomic E-state index is 14.3. The molecule has 180 valence electrons. The van der Waals surface area contributed by atoms with Gasteiger partial charge in [0.05, 0.1) is 12.5 Å². The number of carbonyl (C=O) groups excluding carboxylic acids is 2. The van der Waals surface area contributed by atoms with Crippen LogP contribution in [0.15, 0.2) is 40.2 Å². The van der Waals surface area contributed by atoms with Crippen LogP contribution < -0.4 is 10.9 Å². The van der Waals surface area contributed by atoms with Gasteiger partial charge in [-0.3, -0.25) is 24.3 Å². The summed E-state index contributed by atoms with van der Waals surface area (Å²) in [6.45, 7) is 0.0293. The summed E-state index contributed by atoms with van der Waals surface area (Å²) in [7, 11) is -0.241. The lowest BCUT2D eigenvalue weighted by Gasteiger charge is -2.38. The summed E-state index contributed by atoms with van der Waals surface area (Å²) in [5.41, 5.74) is -0.463. The second kappa shape index (κ2) is 8.62. The number of hydrogen-bond donors (Lipinski definition) is 2. The second-order valence-electron chi connectivity index (χ2n) is 7.67. The molecule has 1 atom stereocenters. The fraction of sp³-hybridized carbons (Fsp3) is 0.300. The molecule has 14 heteroatoms. The van der Waals surface area contributed by atoms with E-state index in [4.69, 9.17) is 4.84 Å². The molecule has 34 heavy (non-hydrogen) atoms. The van der Waals surface area contributed by atoms with E-state index in [-0.39, 0.29) is 40.7 Å². The van der Waals surface area contributed by atoms with Crippen molar-refractivity contribution in [2.45, 2.75) is 17.4 Å². The predicted octanol–water partition coefficient (Wildman–Crippen LogP) is 0.436. The van der Waals surface area contributed by atoms with Gasteiger partial charge in [-0.2, -0.15) is 13.8 Å². The van der Waals surface area contributed by atoms with E-state index in [1.807, 2.05) is 0 Å². The second-order valence-corrected chi connectivity index (χ2v) is 9.53. The number of carbonyl (C=O) groups is 2. The van der Waals surface area contributed by atoms with Gasteiger partial charge in [-0.1, -0.05) is 0 Å². The lowest BCUT2D eigenvalue weighted by molar-refractivity contribution is -0.122. The molecule has 0 spiro atoms. The van der Waals surface area contributed by atoms with E-state index in [1.165, 1.54) is 43.1 Å². The van der Waals surface area contributed by atoms with Crippen LogP contribution in [-0.4, -0.2) is 71.1 Å². The molecule has 1 aliphatic rings. The third kappa shape index (κ3) is 3.95. The van der Waals surface area contributed by atoms with Crippen molar-refractivity contribution in [1.82, 2.24) is 24.1 Å². The van der Waals surface area contributed by atoms with Crippen molar-refractivity contribution in [3.05, 3.63) is 52.3 Å². The molecule has 4 rings (SSSR count). The molecule has 2 amide bonds. The highest BCUT2D eigenvalue weighted by Gasteiger charge is 2.44. The minimum atomic E-state index is -4.36. The zero-order valence-corrected chi connectivity index (χ0v) is 19.2. The minimum absolute atomic E-state index is 0.0293. The molecule has 1 fully saturated rings. The number of nitrogens with one attached hydrogen (secondary N) is 2. The average Bonchev–Trinajstić information content (AvgIpc) is 3.14. The van der Waals surface area contributed by atoms with E-state index >= 15 is 0 Å². The average molecular weight is 492 g/mol. The quantitative estimate of drug-likeness (QED) is 0.475. The van der Waals surface area contributed by atoms with Gasteiger partial charge in [0, 0.05) is 44.2 Å². The Balaban J connectivity index is 1.69. The van der Waals surface area contributed by atoms with Gasteiger partial charge in [0.15, 0.2) is 0 Å². The molecular weight excluding hydrogens is 471 g/mol. The van der Waals surface area contributed by atoms with Gasteiger partial charge in [0.1, 0.15) is 16.5 Å². The highest BCUT2D eigenvalue weighted by Crippen LogP contribution is 2.33. The molecule has 1 saturated heterocycles. The van der Waals surface area contributed by atoms with Crippen LogP contribution in [0.25, 0.3) is 10.9 Å². The minimum Gasteiger partial charge on any atom is -0.324 e. The number of rotatable bonds is 6. The van der Waals surface area contributed by atoms with Gasteiger partial charge in [0.25, 0.3) is 11.5 Å². The van der Waals surface area contributed by atoms with E-state index < -0.39 is 38.7 Å². The first-order valence-corrected chi connectivity index (χ1v) is 11.5. The van der Waals surface area contributed by atoms with E-state index in [1.54, 1.807) is 7.05 Å². The number of sulfonamides is 1. The highest BCUT2D eigenvalue weighted by atomic mass is 32.2. The number of nitrogens with zero attached hydrogens (tertiary/aromatic N) is 4. The number of hydrogen-bond acceptors (Lipinski definition) is 7. The topological polar surface area (TPSA) is 147 Å². The fourth-order valence-corrected chi connectivity index (χ4v) is 5.34. The largest absolute Gasteiger partial charge is 0.324 e. The fourth-order valence-electron chi connectivity index (χ4n) is 3.53. The summed E-state index contributed by atoms with van der Waals surface area (Å²) in [5, 5.41) is 9.03. The highest BCUT2D eigenvalue weighted by molar-refractivity contribution is 7.89. The first kappa shape index (κ1) is 23.5. The molecular formula is C20H21FN6O6S. The van der Waals surface area contributed by atoms with Crippen LogP contribution in [0.3, 0.4) is 0 Å². The van der Waals surface area contributed by atoms with Crippen LogP contribution in [0.4, 0.5) is 10.1 Å². The number of aryl methyl sites for hydroxylation is 1. The van der Waals surface area contributed by atoms with Crippen molar-refractivity contribution < 1.29 is 27.2 Å². The van der Waals surface area contributed by atoms with Crippen molar-refractivity contribution in [3.63, 3.8) is 0 Å². The van der Waals surface area contributed by atoms with Gasteiger partial charge in [0.2, 0.25) is 21.9 Å². The Morgan fingerprint density at radius 2 is 2.06 bits per heavy atom. The number of fused-ring (bicyclic) bond motifs is 1. The van der Waals surface area contributed by atoms with Crippen LogP contribution in [0.5, 0.6) is 0 Å². The number of benzene rings is 1. The lowest BCUT2D eigenvalue weighted by Crippen LogP contribution is -2.56. The molecule has 0 aliphatic carbocycles. The maximum atomic E-state index is 14.3. The zero-order valence-electron chi connectivity index (χ0n) is 18.4. The Bertz CT molecular complexity index is 1470. The smallest absolute Gasteiger partial charge is 0.277 e. The van der Waals surface area contributed by atoms with Crippen LogP contribution in [0, 0.1) is 5.95 Å². The Hall–Kier alpha value is -3.62. The molecule has 1 aliphatic heterocycles. The number of aromatic nitrogens is 3. The molecule has 0 saturated carbocycles. The molecule has 3 aromatic rings. The van der Waals surface area contributed by atoms with E-state index in [0.717, 1.165) is 15.4 Å². The summed E-state index contributed by atoms with van der Waals surface area (Å²) < 4.78 is 43.5. The monoisotopic (exact) mass is 492 g/mol. The van der Waals surface area contributed by atoms with Crippen molar-refractivity contribution in [2.75, 3.05) is 26.0 Å². The SMILES string of the molecule is CON(C)C(=O)c1cc(S(=O)(=O)N2CC[C@H]2C(=O)Nc2ccn(C)c(=O)c2)c2n[nH]c(F)c2c1. The number of H-pyrrole nitrogens is 1. The molecule has 1 aromatic carbocycles. The maximum Gasteiger partial charge on any atom is 0.277 e. The molecule has 0 radical (unpaired) electrons. The Morgan fingerprint density at radius 1 is 1.32 bits per heavy atom. The molecule has 3 heterocycles. The third-order valence-corrected chi connectivity index (χ3v) is 7.54. The summed E-state index contributed by atoms with van der Waals surface area (Å²) in [5.74, 6) is -2.24. The summed E-state index contributed by atoms with van der Waals surface area (Å²) in [6, 6.07) is 3.90. The lowest BCUT2D eigenvalue weighted by atomic mass is 10.1. The van der Waals surface area contributed by atoms with Crippen LogP contribution >= 0.6 is 0 Å². The van der Waals surface area contributed by atoms with Crippen LogP contribution in [0.1, 0.15) is 16.8 Å². The Kier molecular flexibility index (Phi) is 5.97. The predicted molar refractivity (Wildman–Crippen MR) is 118 cm³/mol. The number of pyridine rings is 1. The molecule has 0 unspecified atom stereocenters. The molecule has 2 aromatic heterocycles. The normalized spacial score (nSPS) is 16.3. The third-order valence-electron chi connectivity index (χ3n) is 5.62. The van der Waals surface area contributed by atoms with E-state index in [0.29, 0.717) is 0 Å². The zero-order chi connectivity index (χ0) is 24.8. The molecule has 2 N–H and O–H groups in total. The number of amides is 2. The summed E-state index contributed by atoms with van der Waals surface area (Å²) in [6.07, 6.45) is 1.70. The molecule has 12 nitrogen and oxygen atoms in total. The summed E-state index contributed by atoms with van der Waals surface area (Å²) in [4.78, 5) is 41.5. The number of halogens is 1. The Morgan fingerprint density at radius 3 is 2.68 bits per heavy atom. The van der Waals surface area contributed by atoms with Crippen molar-refractivity contribution >= 4 is 38.4 Å². The van der Waals surface area contributed by atoms with Gasteiger partial charge in [-0.15, -0.1) is 0 Å². The van der Waals surface area contributed by atoms with Gasteiger partial charge in [-0.25, -0.2) is 13.5 Å². The van der Waals surface area contributed by atoms with E-state index in [9.17, 15) is 27.2 Å². The van der Waals surface area contributed by atoms with Crippen molar-refractivity contribution in [2.24, 2.45) is 7.05 Å².